The van der Waals surface area contributed by atoms with Crippen molar-refractivity contribution in [3.8, 4) is 5.75 Å². The highest BCUT2D eigenvalue weighted by Gasteiger charge is 2.32. The second kappa shape index (κ2) is 7.32. The number of para-hydroxylation sites is 1. The van der Waals surface area contributed by atoms with Gasteiger partial charge < -0.3 is 14.6 Å². The van der Waals surface area contributed by atoms with Crippen LogP contribution < -0.4 is 10.4 Å². The molecule has 6 nitrogen and oxygen atoms in total. The van der Waals surface area contributed by atoms with E-state index in [1.54, 1.807) is 6.92 Å². The fourth-order valence-electron chi connectivity index (χ4n) is 3.38. The number of H-pyrrole nitrogens is 1. The number of carbonyl (C=O) groups is 1. The third-order valence-electron chi connectivity index (χ3n) is 4.94. The van der Waals surface area contributed by atoms with Gasteiger partial charge in [0.25, 0.3) is 0 Å². The highest BCUT2D eigenvalue weighted by molar-refractivity contribution is 5.77. The van der Waals surface area contributed by atoms with E-state index in [1.165, 1.54) is 0 Å². The van der Waals surface area contributed by atoms with Crippen LogP contribution in [0, 0.1) is 27.7 Å². The fourth-order valence-corrected chi connectivity index (χ4v) is 3.38. The van der Waals surface area contributed by atoms with Gasteiger partial charge in [-0.2, -0.15) is 4.98 Å². The Bertz CT molecular complexity index is 836. The van der Waals surface area contributed by atoms with Crippen LogP contribution in [0.3, 0.4) is 0 Å². The zero-order chi connectivity index (χ0) is 18.8. The first-order valence-corrected chi connectivity index (χ1v) is 8.92. The van der Waals surface area contributed by atoms with E-state index in [0.717, 1.165) is 28.1 Å². The van der Waals surface area contributed by atoms with Crippen LogP contribution in [0.15, 0.2) is 23.0 Å². The number of aryl methyl sites for hydroxylation is 4. The molecule has 1 aliphatic rings. The molecular formula is C20H25N3O3. The molecule has 2 aromatic rings. The summed E-state index contributed by atoms with van der Waals surface area (Å²) < 4.78 is 6.06. The van der Waals surface area contributed by atoms with Gasteiger partial charge in [0.2, 0.25) is 5.91 Å². The number of aromatic nitrogens is 2. The molecular weight excluding hydrogens is 330 g/mol. The smallest absolute Gasteiger partial charge is 0.345 e. The number of rotatable bonds is 5. The monoisotopic (exact) mass is 355 g/mol. The lowest BCUT2D eigenvalue weighted by atomic mass is 10.0. The SMILES string of the molecule is Cc1cccc(C)c1OC1CN(C(=O)CCc2c(C)nc(=O)[nH]c2C)C1. The number of hydrogen-bond acceptors (Lipinski definition) is 4. The number of aromatic amines is 1. The molecule has 3 rings (SSSR count). The molecule has 2 heterocycles. The summed E-state index contributed by atoms with van der Waals surface area (Å²) in [7, 11) is 0. The number of hydrogen-bond donors (Lipinski definition) is 1. The second-order valence-corrected chi connectivity index (χ2v) is 6.99. The minimum atomic E-state index is -0.343. The normalized spacial score (nSPS) is 14.2. The van der Waals surface area contributed by atoms with Crippen LogP contribution in [0.25, 0.3) is 0 Å². The van der Waals surface area contributed by atoms with E-state index in [4.69, 9.17) is 4.74 Å². The van der Waals surface area contributed by atoms with E-state index in [-0.39, 0.29) is 17.7 Å². The van der Waals surface area contributed by atoms with Gasteiger partial charge in [0, 0.05) is 17.8 Å². The molecule has 0 spiro atoms. The van der Waals surface area contributed by atoms with E-state index < -0.39 is 0 Å². The number of ether oxygens (including phenoxy) is 1. The van der Waals surface area contributed by atoms with Gasteiger partial charge in [0.05, 0.1) is 13.1 Å². The average molecular weight is 355 g/mol. The van der Waals surface area contributed by atoms with Crippen molar-refractivity contribution in [3.63, 3.8) is 0 Å². The van der Waals surface area contributed by atoms with Crippen molar-refractivity contribution in [1.29, 1.82) is 0 Å². The van der Waals surface area contributed by atoms with Crippen molar-refractivity contribution in [1.82, 2.24) is 14.9 Å². The Labute approximate surface area is 153 Å². The van der Waals surface area contributed by atoms with Crippen LogP contribution in [0.2, 0.25) is 0 Å². The molecule has 1 amide bonds. The van der Waals surface area contributed by atoms with E-state index in [0.29, 0.717) is 31.6 Å². The summed E-state index contributed by atoms with van der Waals surface area (Å²) in [5.41, 5.74) is 4.32. The molecule has 1 aromatic heterocycles. The number of carbonyl (C=O) groups excluding carboxylic acids is 1. The number of nitrogens with one attached hydrogen (secondary N) is 1. The first-order chi connectivity index (χ1) is 12.3. The Hall–Kier alpha value is -2.63. The van der Waals surface area contributed by atoms with Crippen molar-refractivity contribution < 1.29 is 9.53 Å². The van der Waals surface area contributed by atoms with Gasteiger partial charge >= 0.3 is 5.69 Å². The molecule has 1 aliphatic heterocycles. The van der Waals surface area contributed by atoms with Gasteiger partial charge in [-0.1, -0.05) is 18.2 Å². The molecule has 138 valence electrons. The first-order valence-electron chi connectivity index (χ1n) is 8.92. The fraction of sp³-hybridized carbons (Fsp3) is 0.450. The maximum absolute atomic E-state index is 12.4. The number of likely N-dealkylation sites (tertiary alicyclic amines) is 1. The molecule has 0 saturated carbocycles. The zero-order valence-electron chi connectivity index (χ0n) is 15.8. The summed E-state index contributed by atoms with van der Waals surface area (Å²) in [6, 6.07) is 6.09. The first kappa shape index (κ1) is 18.2. The van der Waals surface area contributed by atoms with Crippen molar-refractivity contribution in [3.05, 3.63) is 56.8 Å². The maximum atomic E-state index is 12.4. The number of nitrogens with zero attached hydrogens (tertiary/aromatic N) is 2. The zero-order valence-corrected chi connectivity index (χ0v) is 15.8. The molecule has 1 N–H and O–H groups in total. The Balaban J connectivity index is 1.52. The van der Waals surface area contributed by atoms with E-state index in [9.17, 15) is 9.59 Å². The van der Waals surface area contributed by atoms with Crippen LogP contribution >= 0.6 is 0 Å². The largest absolute Gasteiger partial charge is 0.486 e. The molecule has 0 aliphatic carbocycles. The van der Waals surface area contributed by atoms with Gasteiger partial charge in [-0.25, -0.2) is 4.79 Å². The molecule has 0 atom stereocenters. The Morgan fingerprint density at radius 2 is 1.88 bits per heavy atom. The quantitative estimate of drug-likeness (QED) is 0.892. The van der Waals surface area contributed by atoms with Gasteiger partial charge in [-0.15, -0.1) is 0 Å². The third kappa shape index (κ3) is 3.79. The standard InChI is InChI=1S/C20H25N3O3/c1-12-6-5-7-13(2)19(12)26-16-10-23(11-16)18(24)9-8-17-14(3)21-20(25)22-15(17)4/h5-7,16H,8-11H2,1-4H3,(H,21,22,25). The van der Waals surface area contributed by atoms with Crippen LogP contribution in [-0.2, 0) is 11.2 Å². The highest BCUT2D eigenvalue weighted by Crippen LogP contribution is 2.26. The average Bonchev–Trinajstić information content (AvgIpc) is 2.51. The molecule has 26 heavy (non-hydrogen) atoms. The summed E-state index contributed by atoms with van der Waals surface area (Å²) in [4.78, 5) is 32.2. The van der Waals surface area contributed by atoms with Gasteiger partial charge in [0.1, 0.15) is 11.9 Å². The predicted octanol–water partition coefficient (Wildman–Crippen LogP) is 2.23. The molecule has 0 radical (unpaired) electrons. The summed E-state index contributed by atoms with van der Waals surface area (Å²) in [5, 5.41) is 0. The Morgan fingerprint density at radius 3 is 2.50 bits per heavy atom. The van der Waals surface area contributed by atoms with E-state index in [1.807, 2.05) is 43.9 Å². The second-order valence-electron chi connectivity index (χ2n) is 6.99. The van der Waals surface area contributed by atoms with Gasteiger partial charge in [-0.05, 0) is 50.8 Å². The predicted molar refractivity (Wildman–Crippen MR) is 99.6 cm³/mol. The molecule has 1 saturated heterocycles. The number of benzene rings is 1. The summed E-state index contributed by atoms with van der Waals surface area (Å²) >= 11 is 0. The van der Waals surface area contributed by atoms with Crippen LogP contribution in [-0.4, -0.2) is 40.0 Å². The van der Waals surface area contributed by atoms with Crippen LogP contribution in [0.5, 0.6) is 5.75 Å². The number of amides is 1. The van der Waals surface area contributed by atoms with Crippen molar-refractivity contribution in [2.24, 2.45) is 0 Å². The van der Waals surface area contributed by atoms with Crippen LogP contribution in [0.4, 0.5) is 0 Å². The molecule has 0 unspecified atom stereocenters. The maximum Gasteiger partial charge on any atom is 0.345 e. The molecule has 1 fully saturated rings. The molecule has 0 bridgehead atoms. The Morgan fingerprint density at radius 1 is 1.23 bits per heavy atom. The third-order valence-corrected chi connectivity index (χ3v) is 4.94. The topological polar surface area (TPSA) is 75.3 Å². The van der Waals surface area contributed by atoms with Gasteiger partial charge in [0.15, 0.2) is 0 Å². The lowest BCUT2D eigenvalue weighted by Crippen LogP contribution is -2.56. The minimum absolute atomic E-state index is 0.0527. The Kier molecular flexibility index (Phi) is 5.11. The molecule has 6 heteroatoms. The summed E-state index contributed by atoms with van der Waals surface area (Å²) in [6.45, 7) is 8.95. The molecule has 1 aromatic carbocycles. The van der Waals surface area contributed by atoms with Crippen molar-refractivity contribution >= 4 is 5.91 Å². The van der Waals surface area contributed by atoms with Gasteiger partial charge in [-0.3, -0.25) is 4.79 Å². The van der Waals surface area contributed by atoms with Crippen LogP contribution in [0.1, 0.15) is 34.5 Å². The summed E-state index contributed by atoms with van der Waals surface area (Å²) in [6.07, 6.45) is 1.04. The van der Waals surface area contributed by atoms with E-state index >= 15 is 0 Å². The van der Waals surface area contributed by atoms with Crippen molar-refractivity contribution in [2.75, 3.05) is 13.1 Å². The highest BCUT2D eigenvalue weighted by atomic mass is 16.5. The lowest BCUT2D eigenvalue weighted by Gasteiger charge is -2.39. The summed E-state index contributed by atoms with van der Waals surface area (Å²) in [5.74, 6) is 1.03. The van der Waals surface area contributed by atoms with E-state index in [2.05, 4.69) is 9.97 Å². The van der Waals surface area contributed by atoms with Crippen molar-refractivity contribution in [2.45, 2.75) is 46.6 Å². The minimum Gasteiger partial charge on any atom is -0.486 e. The lowest BCUT2D eigenvalue weighted by molar-refractivity contribution is -0.139.